The molecular formula is C6H16N2O2. The van der Waals surface area contributed by atoms with Gasteiger partial charge in [-0.1, -0.05) is 0 Å². The van der Waals surface area contributed by atoms with Crippen molar-refractivity contribution in [1.82, 2.24) is 10.9 Å². The van der Waals surface area contributed by atoms with E-state index in [1.807, 2.05) is 13.8 Å². The molecule has 0 bridgehead atoms. The normalized spacial score (nSPS) is 14.1. The van der Waals surface area contributed by atoms with Crippen LogP contribution in [0.2, 0.25) is 0 Å². The summed E-state index contributed by atoms with van der Waals surface area (Å²) in [7, 11) is 0. The van der Waals surface area contributed by atoms with Crippen molar-refractivity contribution in [2.75, 3.05) is 13.2 Å². The van der Waals surface area contributed by atoms with Crippen LogP contribution < -0.4 is 10.9 Å². The van der Waals surface area contributed by atoms with Crippen LogP contribution in [-0.2, 0) is 0 Å². The van der Waals surface area contributed by atoms with Crippen LogP contribution in [-0.4, -0.2) is 35.5 Å². The molecule has 4 heteroatoms. The van der Waals surface area contributed by atoms with Crippen molar-refractivity contribution < 1.29 is 10.2 Å². The molecule has 0 fully saturated rings. The zero-order valence-corrected chi connectivity index (χ0v) is 6.46. The zero-order chi connectivity index (χ0) is 7.98. The quantitative estimate of drug-likeness (QED) is 0.371. The van der Waals surface area contributed by atoms with Crippen molar-refractivity contribution >= 4 is 0 Å². The van der Waals surface area contributed by atoms with E-state index in [-0.39, 0.29) is 6.61 Å². The highest BCUT2D eigenvalue weighted by atomic mass is 16.3. The van der Waals surface area contributed by atoms with Crippen LogP contribution in [0.15, 0.2) is 0 Å². The topological polar surface area (TPSA) is 64.5 Å². The fourth-order valence-corrected chi connectivity index (χ4v) is 0.445. The maximum atomic E-state index is 8.82. The van der Waals surface area contributed by atoms with Crippen molar-refractivity contribution in [2.45, 2.75) is 26.0 Å². The van der Waals surface area contributed by atoms with Gasteiger partial charge in [0, 0.05) is 12.6 Å². The Morgan fingerprint density at radius 1 is 1.40 bits per heavy atom. The number of aliphatic hydroxyl groups is 2. The highest BCUT2D eigenvalue weighted by molar-refractivity contribution is 4.55. The molecule has 0 saturated heterocycles. The molecular weight excluding hydrogens is 132 g/mol. The summed E-state index contributed by atoms with van der Waals surface area (Å²) >= 11 is 0. The van der Waals surface area contributed by atoms with E-state index in [1.165, 1.54) is 0 Å². The second-order valence-electron chi connectivity index (χ2n) is 2.52. The minimum Gasteiger partial charge on any atom is -0.394 e. The van der Waals surface area contributed by atoms with Gasteiger partial charge in [-0.2, -0.15) is 0 Å². The summed E-state index contributed by atoms with van der Waals surface area (Å²) in [6, 6.07) is 0.339. The maximum absolute atomic E-state index is 8.82. The van der Waals surface area contributed by atoms with Crippen molar-refractivity contribution in [3.8, 4) is 0 Å². The highest BCUT2D eigenvalue weighted by Gasteiger charge is 1.99. The van der Waals surface area contributed by atoms with Crippen LogP contribution >= 0.6 is 0 Å². The van der Waals surface area contributed by atoms with E-state index in [0.29, 0.717) is 12.6 Å². The Labute approximate surface area is 61.2 Å². The Balaban J connectivity index is 3.03. The van der Waals surface area contributed by atoms with Gasteiger partial charge in [0.2, 0.25) is 0 Å². The first-order valence-electron chi connectivity index (χ1n) is 3.44. The molecule has 0 aliphatic rings. The molecule has 4 nitrogen and oxygen atoms in total. The number of aliphatic hydroxyl groups excluding tert-OH is 2. The molecule has 0 saturated carbocycles. The third-order valence-corrected chi connectivity index (χ3v) is 0.939. The molecule has 0 aromatic carbocycles. The SMILES string of the molecule is CC(C)NNC[C@H](O)CO. The van der Waals surface area contributed by atoms with Gasteiger partial charge in [-0.05, 0) is 13.8 Å². The van der Waals surface area contributed by atoms with Crippen molar-refractivity contribution in [3.05, 3.63) is 0 Å². The predicted molar refractivity (Wildman–Crippen MR) is 39.4 cm³/mol. The second-order valence-corrected chi connectivity index (χ2v) is 2.52. The van der Waals surface area contributed by atoms with Crippen LogP contribution in [0.4, 0.5) is 0 Å². The van der Waals surface area contributed by atoms with Crippen LogP contribution in [0.25, 0.3) is 0 Å². The maximum Gasteiger partial charge on any atom is 0.0908 e. The monoisotopic (exact) mass is 148 g/mol. The average molecular weight is 148 g/mol. The third-order valence-electron chi connectivity index (χ3n) is 0.939. The number of rotatable bonds is 5. The standard InChI is InChI=1S/C6H16N2O2/c1-5(2)8-7-3-6(10)4-9/h5-10H,3-4H2,1-2H3/t6-/m0/s1. The first-order chi connectivity index (χ1) is 4.66. The molecule has 0 spiro atoms. The fraction of sp³-hybridized carbons (Fsp3) is 1.00. The van der Waals surface area contributed by atoms with Crippen LogP contribution in [0.1, 0.15) is 13.8 Å². The lowest BCUT2D eigenvalue weighted by Gasteiger charge is -2.11. The van der Waals surface area contributed by atoms with Gasteiger partial charge in [-0.3, -0.25) is 10.9 Å². The predicted octanol–water partition coefficient (Wildman–Crippen LogP) is -1.16. The summed E-state index contributed by atoms with van der Waals surface area (Å²) in [5.41, 5.74) is 5.67. The van der Waals surface area contributed by atoms with E-state index in [1.54, 1.807) is 0 Å². The Morgan fingerprint density at radius 2 is 2.00 bits per heavy atom. The fourth-order valence-electron chi connectivity index (χ4n) is 0.445. The first-order valence-corrected chi connectivity index (χ1v) is 3.44. The lowest BCUT2D eigenvalue weighted by Crippen LogP contribution is -2.42. The lowest BCUT2D eigenvalue weighted by molar-refractivity contribution is 0.0905. The summed E-state index contributed by atoms with van der Waals surface area (Å²) in [6.07, 6.45) is -0.675. The molecule has 0 aliphatic heterocycles. The van der Waals surface area contributed by atoms with Gasteiger partial charge >= 0.3 is 0 Å². The molecule has 1 atom stereocenters. The Bertz CT molecular complexity index is 78.1. The lowest BCUT2D eigenvalue weighted by atomic mass is 10.4. The Hall–Kier alpha value is -0.160. The van der Waals surface area contributed by atoms with E-state index >= 15 is 0 Å². The van der Waals surface area contributed by atoms with Gasteiger partial charge < -0.3 is 10.2 Å². The van der Waals surface area contributed by atoms with Gasteiger partial charge in [0.1, 0.15) is 0 Å². The molecule has 0 rings (SSSR count). The average Bonchev–Trinajstić information content (AvgIpc) is 1.87. The first kappa shape index (κ1) is 9.84. The van der Waals surface area contributed by atoms with Gasteiger partial charge in [-0.15, -0.1) is 0 Å². The van der Waals surface area contributed by atoms with Gasteiger partial charge in [0.25, 0.3) is 0 Å². The smallest absolute Gasteiger partial charge is 0.0908 e. The molecule has 4 N–H and O–H groups in total. The Kier molecular flexibility index (Phi) is 5.52. The highest BCUT2D eigenvalue weighted by Crippen LogP contribution is 1.75. The van der Waals surface area contributed by atoms with Crippen LogP contribution in [0, 0.1) is 0 Å². The molecule has 0 amide bonds. The summed E-state index contributed by atoms with van der Waals surface area (Å²) < 4.78 is 0. The van der Waals surface area contributed by atoms with Crippen molar-refractivity contribution in [2.24, 2.45) is 0 Å². The molecule has 0 radical (unpaired) electrons. The Morgan fingerprint density at radius 3 is 2.40 bits per heavy atom. The molecule has 0 unspecified atom stereocenters. The second kappa shape index (κ2) is 5.61. The van der Waals surface area contributed by atoms with E-state index in [2.05, 4.69) is 10.9 Å². The largest absolute Gasteiger partial charge is 0.394 e. The van der Waals surface area contributed by atoms with Crippen molar-refractivity contribution in [1.29, 1.82) is 0 Å². The molecule has 10 heavy (non-hydrogen) atoms. The van der Waals surface area contributed by atoms with E-state index in [4.69, 9.17) is 10.2 Å². The van der Waals surface area contributed by atoms with Gasteiger partial charge in [0.05, 0.1) is 12.7 Å². The third kappa shape index (κ3) is 5.97. The minimum absolute atomic E-state index is 0.202. The van der Waals surface area contributed by atoms with Crippen LogP contribution in [0.5, 0.6) is 0 Å². The summed E-state index contributed by atoms with van der Waals surface area (Å²) in [4.78, 5) is 0. The number of hydrazine groups is 1. The zero-order valence-electron chi connectivity index (χ0n) is 6.46. The minimum atomic E-state index is -0.675. The molecule has 0 heterocycles. The summed E-state index contributed by atoms with van der Waals surface area (Å²) in [6.45, 7) is 4.14. The van der Waals surface area contributed by atoms with E-state index in [9.17, 15) is 0 Å². The van der Waals surface area contributed by atoms with E-state index in [0.717, 1.165) is 0 Å². The molecule has 0 aliphatic carbocycles. The van der Waals surface area contributed by atoms with Gasteiger partial charge in [-0.25, -0.2) is 0 Å². The molecule has 62 valence electrons. The molecule has 0 aromatic heterocycles. The summed E-state index contributed by atoms with van der Waals surface area (Å²) in [5, 5.41) is 17.2. The van der Waals surface area contributed by atoms with Crippen molar-refractivity contribution in [3.63, 3.8) is 0 Å². The van der Waals surface area contributed by atoms with Gasteiger partial charge in [0.15, 0.2) is 0 Å². The number of hydrogen-bond acceptors (Lipinski definition) is 4. The summed E-state index contributed by atoms with van der Waals surface area (Å²) in [5.74, 6) is 0. The molecule has 0 aromatic rings. The number of nitrogens with one attached hydrogen (secondary N) is 2. The van der Waals surface area contributed by atoms with Crippen LogP contribution in [0.3, 0.4) is 0 Å². The van der Waals surface area contributed by atoms with E-state index < -0.39 is 6.10 Å². The number of hydrogen-bond donors (Lipinski definition) is 4.